The summed E-state index contributed by atoms with van der Waals surface area (Å²) in [6.45, 7) is 1.43. The second-order valence-electron chi connectivity index (χ2n) is 8.14. The number of hydrogen-bond acceptors (Lipinski definition) is 6. The highest BCUT2D eigenvalue weighted by molar-refractivity contribution is 7.22. The highest BCUT2D eigenvalue weighted by atomic mass is 32.1. The lowest BCUT2D eigenvalue weighted by Gasteiger charge is -2.31. The van der Waals surface area contributed by atoms with Gasteiger partial charge in [-0.05, 0) is 43.4 Å². The molecule has 3 aromatic rings. The molecule has 2 aromatic heterocycles. The Morgan fingerprint density at radius 3 is 2.84 bits per heavy atom. The number of carbonyl (C=O) groups excluding carboxylic acids is 1. The van der Waals surface area contributed by atoms with Crippen LogP contribution in [-0.4, -0.2) is 39.6 Å². The predicted molar refractivity (Wildman–Crippen MR) is 113 cm³/mol. The minimum Gasteiger partial charge on any atom is -0.353 e. The lowest BCUT2D eigenvalue weighted by molar-refractivity contribution is -0.125. The molecule has 1 N–H and O–H groups in total. The van der Waals surface area contributed by atoms with Gasteiger partial charge in [0, 0.05) is 19.1 Å². The molecule has 1 aliphatic heterocycles. The van der Waals surface area contributed by atoms with Gasteiger partial charge >= 0.3 is 0 Å². The summed E-state index contributed by atoms with van der Waals surface area (Å²) < 4.78 is 28.4. The van der Waals surface area contributed by atoms with Crippen LogP contribution in [0.15, 0.2) is 29.3 Å². The van der Waals surface area contributed by atoms with Crippen LogP contribution in [0.25, 0.3) is 10.3 Å². The Bertz CT molecular complexity index is 1210. The predicted octanol–water partition coefficient (Wildman–Crippen LogP) is 2.67. The summed E-state index contributed by atoms with van der Waals surface area (Å²) in [4.78, 5) is 36.2. The van der Waals surface area contributed by atoms with E-state index in [0.717, 1.165) is 44.4 Å². The number of amides is 1. The van der Waals surface area contributed by atoms with Crippen molar-refractivity contribution in [3.8, 4) is 0 Å². The van der Waals surface area contributed by atoms with Gasteiger partial charge in [-0.1, -0.05) is 17.4 Å². The molecule has 7 nitrogen and oxygen atoms in total. The standard InChI is InChI=1S/C21H21F2N5O2S/c22-15-6-3-12(8-16(15)23)9-28-11-24-18-17(20(28)30)31-21(26-18)27-7-1-2-13(10-27)19(29)25-14-4-5-14/h3,6,8,11,13-14H,1-2,4-5,7,9-10H2,(H,25,29). The molecular weight excluding hydrogens is 424 g/mol. The summed E-state index contributed by atoms with van der Waals surface area (Å²) in [5.41, 5.74) is 0.544. The van der Waals surface area contributed by atoms with Gasteiger partial charge in [-0.3, -0.25) is 14.2 Å². The van der Waals surface area contributed by atoms with Gasteiger partial charge in [0.2, 0.25) is 5.91 Å². The molecule has 1 atom stereocenters. The zero-order valence-corrected chi connectivity index (χ0v) is 17.5. The number of nitrogens with zero attached hydrogens (tertiary/aromatic N) is 4. The van der Waals surface area contributed by atoms with E-state index >= 15 is 0 Å². The van der Waals surface area contributed by atoms with Crippen molar-refractivity contribution in [2.45, 2.75) is 38.3 Å². The lowest BCUT2D eigenvalue weighted by Crippen LogP contribution is -2.43. The van der Waals surface area contributed by atoms with Crippen LogP contribution in [0.5, 0.6) is 0 Å². The molecule has 5 rings (SSSR count). The number of aromatic nitrogens is 3. The number of rotatable bonds is 5. The maximum Gasteiger partial charge on any atom is 0.273 e. The fourth-order valence-corrected chi connectivity index (χ4v) is 4.83. The highest BCUT2D eigenvalue weighted by Gasteiger charge is 2.31. The number of thiazole rings is 1. The zero-order valence-electron chi connectivity index (χ0n) is 16.7. The molecule has 3 heterocycles. The number of anilines is 1. The van der Waals surface area contributed by atoms with Crippen LogP contribution < -0.4 is 15.8 Å². The molecule has 162 valence electrons. The van der Waals surface area contributed by atoms with Gasteiger partial charge in [0.05, 0.1) is 12.5 Å². The molecule has 10 heteroatoms. The van der Waals surface area contributed by atoms with Crippen LogP contribution in [-0.2, 0) is 11.3 Å². The Kier molecular flexibility index (Phi) is 5.17. The summed E-state index contributed by atoms with van der Waals surface area (Å²) in [5.74, 6) is -1.87. The van der Waals surface area contributed by atoms with E-state index in [1.165, 1.54) is 28.3 Å². The average molecular weight is 445 g/mol. The van der Waals surface area contributed by atoms with Crippen molar-refractivity contribution in [1.82, 2.24) is 19.9 Å². The molecule has 2 fully saturated rings. The normalized spacial score (nSPS) is 19.0. The van der Waals surface area contributed by atoms with E-state index in [2.05, 4.69) is 15.3 Å². The molecule has 0 spiro atoms. The molecular formula is C21H21F2N5O2S. The van der Waals surface area contributed by atoms with E-state index in [0.29, 0.717) is 33.6 Å². The van der Waals surface area contributed by atoms with Crippen LogP contribution in [0.2, 0.25) is 0 Å². The SMILES string of the molecule is O=C(NC1CC1)C1CCCN(c2nc3ncn(Cc4ccc(F)c(F)c4)c(=O)c3s2)C1. The van der Waals surface area contributed by atoms with Crippen molar-refractivity contribution in [2.24, 2.45) is 5.92 Å². The van der Waals surface area contributed by atoms with E-state index in [-0.39, 0.29) is 23.9 Å². The lowest BCUT2D eigenvalue weighted by atomic mass is 9.97. The van der Waals surface area contributed by atoms with Crippen molar-refractivity contribution in [3.05, 3.63) is 52.1 Å². The van der Waals surface area contributed by atoms with Gasteiger partial charge in [-0.25, -0.2) is 13.8 Å². The van der Waals surface area contributed by atoms with Gasteiger partial charge in [-0.2, -0.15) is 4.98 Å². The Labute approximate surface area is 180 Å². The first kappa shape index (κ1) is 20.0. The first-order chi connectivity index (χ1) is 15.0. The summed E-state index contributed by atoms with van der Waals surface area (Å²) >= 11 is 1.25. The minimum atomic E-state index is -0.954. The number of piperidine rings is 1. The second kappa shape index (κ2) is 7.99. The first-order valence-electron chi connectivity index (χ1n) is 10.3. The third-order valence-corrected chi connectivity index (χ3v) is 6.79. The van der Waals surface area contributed by atoms with Crippen molar-refractivity contribution in [3.63, 3.8) is 0 Å². The average Bonchev–Trinajstić information content (AvgIpc) is 3.47. The van der Waals surface area contributed by atoms with Gasteiger partial charge < -0.3 is 10.2 Å². The Hall–Kier alpha value is -2.88. The Morgan fingerprint density at radius 1 is 1.23 bits per heavy atom. The molecule has 1 amide bonds. The van der Waals surface area contributed by atoms with Gasteiger partial charge in [0.1, 0.15) is 11.0 Å². The largest absolute Gasteiger partial charge is 0.353 e. The fourth-order valence-electron chi connectivity index (χ4n) is 3.83. The molecule has 0 bridgehead atoms. The maximum absolute atomic E-state index is 13.5. The molecule has 1 unspecified atom stereocenters. The van der Waals surface area contributed by atoms with Gasteiger partial charge in [0.25, 0.3) is 5.56 Å². The topological polar surface area (TPSA) is 80.1 Å². The van der Waals surface area contributed by atoms with Gasteiger partial charge in [-0.15, -0.1) is 0 Å². The minimum absolute atomic E-state index is 0.0827. The highest BCUT2D eigenvalue weighted by Crippen LogP contribution is 2.30. The van der Waals surface area contributed by atoms with Crippen LogP contribution in [0.4, 0.5) is 13.9 Å². The second-order valence-corrected chi connectivity index (χ2v) is 9.12. The van der Waals surface area contributed by atoms with Crippen LogP contribution in [0.3, 0.4) is 0 Å². The quantitative estimate of drug-likeness (QED) is 0.653. The van der Waals surface area contributed by atoms with Crippen molar-refractivity contribution >= 4 is 32.7 Å². The first-order valence-corrected chi connectivity index (χ1v) is 11.1. The number of halogens is 2. The zero-order chi connectivity index (χ0) is 21.5. The summed E-state index contributed by atoms with van der Waals surface area (Å²) in [6, 6.07) is 3.89. The third-order valence-electron chi connectivity index (χ3n) is 5.70. The third kappa shape index (κ3) is 4.16. The number of benzene rings is 1. The van der Waals surface area contributed by atoms with Crippen LogP contribution in [0, 0.1) is 17.6 Å². The Morgan fingerprint density at radius 2 is 2.06 bits per heavy atom. The smallest absolute Gasteiger partial charge is 0.273 e. The molecule has 31 heavy (non-hydrogen) atoms. The number of carbonyl (C=O) groups is 1. The van der Waals surface area contributed by atoms with E-state index < -0.39 is 11.6 Å². The monoisotopic (exact) mass is 445 g/mol. The molecule has 1 aliphatic carbocycles. The maximum atomic E-state index is 13.5. The molecule has 1 aromatic carbocycles. The van der Waals surface area contributed by atoms with E-state index in [1.807, 2.05) is 4.90 Å². The molecule has 2 aliphatic rings. The Balaban J connectivity index is 1.37. The fraction of sp³-hybridized carbons (Fsp3) is 0.429. The van der Waals surface area contributed by atoms with Crippen molar-refractivity contribution in [2.75, 3.05) is 18.0 Å². The summed E-state index contributed by atoms with van der Waals surface area (Å²) in [7, 11) is 0. The number of fused-ring (bicyclic) bond motifs is 1. The molecule has 1 saturated carbocycles. The number of nitrogens with one attached hydrogen (secondary N) is 1. The number of hydrogen-bond donors (Lipinski definition) is 1. The van der Waals surface area contributed by atoms with Crippen LogP contribution >= 0.6 is 11.3 Å². The summed E-state index contributed by atoms with van der Waals surface area (Å²) in [5, 5.41) is 3.75. The summed E-state index contributed by atoms with van der Waals surface area (Å²) in [6.07, 6.45) is 5.22. The molecule has 1 saturated heterocycles. The van der Waals surface area contributed by atoms with Crippen molar-refractivity contribution in [1.29, 1.82) is 0 Å². The molecule has 0 radical (unpaired) electrons. The van der Waals surface area contributed by atoms with Crippen LogP contribution in [0.1, 0.15) is 31.2 Å². The van der Waals surface area contributed by atoms with E-state index in [9.17, 15) is 18.4 Å². The van der Waals surface area contributed by atoms with Gasteiger partial charge in [0.15, 0.2) is 22.4 Å². The van der Waals surface area contributed by atoms with E-state index in [4.69, 9.17) is 0 Å². The van der Waals surface area contributed by atoms with Crippen molar-refractivity contribution < 1.29 is 13.6 Å². The van der Waals surface area contributed by atoms with E-state index in [1.54, 1.807) is 0 Å².